The maximum Gasteiger partial charge on any atom is 0.0142 e. The van der Waals surface area contributed by atoms with Crippen molar-refractivity contribution in [2.24, 2.45) is 5.73 Å². The van der Waals surface area contributed by atoms with Gasteiger partial charge >= 0.3 is 0 Å². The van der Waals surface area contributed by atoms with E-state index >= 15 is 0 Å². The fourth-order valence-corrected chi connectivity index (χ4v) is 2.54. The van der Waals surface area contributed by atoms with Crippen molar-refractivity contribution in [1.29, 1.82) is 0 Å². The van der Waals surface area contributed by atoms with Gasteiger partial charge in [0.15, 0.2) is 0 Å². The lowest BCUT2D eigenvalue weighted by atomic mass is 10.1. The first-order valence-electron chi connectivity index (χ1n) is 5.37. The van der Waals surface area contributed by atoms with E-state index in [4.69, 9.17) is 5.73 Å². The van der Waals surface area contributed by atoms with E-state index in [9.17, 15) is 0 Å². The Morgan fingerprint density at radius 3 is 2.62 bits per heavy atom. The van der Waals surface area contributed by atoms with E-state index in [1.54, 1.807) is 0 Å². The molecule has 1 atom stereocenters. The highest BCUT2D eigenvalue weighted by molar-refractivity contribution is 7.99. The van der Waals surface area contributed by atoms with Gasteiger partial charge in [0.05, 0.1) is 0 Å². The van der Waals surface area contributed by atoms with Crippen LogP contribution in [0.3, 0.4) is 0 Å². The van der Waals surface area contributed by atoms with Gasteiger partial charge in [-0.15, -0.1) is 0 Å². The normalized spacial score (nSPS) is 21.7. The maximum absolute atomic E-state index is 5.56. The Hall–Kier alpha value is 0.270. The minimum Gasteiger partial charge on any atom is -0.329 e. The number of nitrogens with zero attached hydrogens (tertiary/aromatic N) is 1. The molecule has 1 rings (SSSR count). The number of hydrogen-bond donors (Lipinski definition) is 1. The number of piperidine rings is 1. The van der Waals surface area contributed by atoms with Gasteiger partial charge in [-0.3, -0.25) is 0 Å². The molecule has 0 bridgehead atoms. The van der Waals surface area contributed by atoms with Crippen molar-refractivity contribution < 1.29 is 0 Å². The third-order valence-electron chi connectivity index (χ3n) is 2.59. The van der Waals surface area contributed by atoms with Gasteiger partial charge in [0.1, 0.15) is 0 Å². The molecule has 1 heterocycles. The summed E-state index contributed by atoms with van der Waals surface area (Å²) in [6.45, 7) is 6.91. The van der Waals surface area contributed by atoms with Crippen molar-refractivity contribution in [3.05, 3.63) is 0 Å². The Bertz CT molecular complexity index is 124. The molecule has 1 fully saturated rings. The zero-order valence-corrected chi connectivity index (χ0v) is 9.48. The van der Waals surface area contributed by atoms with Crippen LogP contribution in [0.15, 0.2) is 0 Å². The quantitative estimate of drug-likeness (QED) is 0.733. The Morgan fingerprint density at radius 1 is 1.31 bits per heavy atom. The van der Waals surface area contributed by atoms with Gasteiger partial charge < -0.3 is 10.6 Å². The van der Waals surface area contributed by atoms with Crippen LogP contribution >= 0.6 is 11.8 Å². The second-order valence-electron chi connectivity index (χ2n) is 3.82. The highest BCUT2D eigenvalue weighted by atomic mass is 32.2. The van der Waals surface area contributed by atoms with E-state index < -0.39 is 0 Å². The average Bonchev–Trinajstić information content (AvgIpc) is 2.19. The van der Waals surface area contributed by atoms with Crippen LogP contribution in [0.1, 0.15) is 26.2 Å². The molecular weight excluding hydrogens is 180 g/mol. The van der Waals surface area contributed by atoms with Crippen molar-refractivity contribution in [2.75, 3.05) is 31.9 Å². The summed E-state index contributed by atoms with van der Waals surface area (Å²) in [5.41, 5.74) is 5.56. The predicted octanol–water partition coefficient (Wildman–Crippen LogP) is 1.55. The van der Waals surface area contributed by atoms with Gasteiger partial charge in [-0.25, -0.2) is 0 Å². The van der Waals surface area contributed by atoms with Crippen LogP contribution in [0.2, 0.25) is 0 Å². The van der Waals surface area contributed by atoms with E-state index in [0.29, 0.717) is 5.25 Å². The first-order chi connectivity index (χ1) is 6.33. The summed E-state index contributed by atoms with van der Waals surface area (Å²) in [6, 6.07) is 0. The molecule has 2 N–H and O–H groups in total. The molecule has 0 spiro atoms. The summed E-state index contributed by atoms with van der Waals surface area (Å²) in [5, 5.41) is 0.629. The molecule has 0 aromatic heterocycles. The average molecular weight is 202 g/mol. The zero-order chi connectivity index (χ0) is 9.52. The summed E-state index contributed by atoms with van der Waals surface area (Å²) < 4.78 is 0. The highest BCUT2D eigenvalue weighted by Gasteiger charge is 2.09. The molecule has 13 heavy (non-hydrogen) atoms. The van der Waals surface area contributed by atoms with Crippen LogP contribution in [0, 0.1) is 0 Å². The van der Waals surface area contributed by atoms with E-state index in [-0.39, 0.29) is 0 Å². The summed E-state index contributed by atoms with van der Waals surface area (Å²) in [6.07, 6.45) is 4.23. The minimum atomic E-state index is 0.629. The Labute approximate surface area is 86.2 Å². The molecule has 1 unspecified atom stereocenters. The Balaban J connectivity index is 1.98. The molecule has 0 saturated carbocycles. The fraction of sp³-hybridized carbons (Fsp3) is 1.00. The van der Waals surface area contributed by atoms with Crippen LogP contribution in [0.4, 0.5) is 0 Å². The Morgan fingerprint density at radius 2 is 2.00 bits per heavy atom. The van der Waals surface area contributed by atoms with Gasteiger partial charge in [-0.05, 0) is 25.9 Å². The second-order valence-corrected chi connectivity index (χ2v) is 5.37. The molecule has 0 aromatic carbocycles. The first-order valence-corrected chi connectivity index (χ1v) is 6.42. The third kappa shape index (κ3) is 4.89. The van der Waals surface area contributed by atoms with Crippen LogP contribution < -0.4 is 5.73 Å². The van der Waals surface area contributed by atoms with Crippen molar-refractivity contribution in [3.63, 3.8) is 0 Å². The molecular formula is C10H22N2S. The topological polar surface area (TPSA) is 29.3 Å². The standard InChI is InChI=1S/C10H22N2S/c1-10(9-11)13-8-7-12-5-3-2-4-6-12/h10H,2-9,11H2,1H3. The lowest BCUT2D eigenvalue weighted by molar-refractivity contribution is 0.242. The molecule has 0 aliphatic carbocycles. The number of likely N-dealkylation sites (tertiary alicyclic amines) is 1. The van der Waals surface area contributed by atoms with E-state index in [0.717, 1.165) is 6.54 Å². The minimum absolute atomic E-state index is 0.629. The molecule has 0 amide bonds. The second kappa shape index (κ2) is 6.68. The van der Waals surface area contributed by atoms with Crippen molar-refractivity contribution in [2.45, 2.75) is 31.4 Å². The van der Waals surface area contributed by atoms with E-state index in [2.05, 4.69) is 11.8 Å². The van der Waals surface area contributed by atoms with E-state index in [1.807, 2.05) is 11.8 Å². The van der Waals surface area contributed by atoms with Gasteiger partial charge in [0.25, 0.3) is 0 Å². The first kappa shape index (κ1) is 11.3. The SMILES string of the molecule is CC(CN)SCCN1CCCCC1. The number of rotatable bonds is 5. The van der Waals surface area contributed by atoms with Gasteiger partial charge in [0.2, 0.25) is 0 Å². The molecule has 1 saturated heterocycles. The van der Waals surface area contributed by atoms with Crippen LogP contribution in [-0.2, 0) is 0 Å². The lowest BCUT2D eigenvalue weighted by Crippen LogP contribution is -2.32. The summed E-state index contributed by atoms with van der Waals surface area (Å²) in [5.74, 6) is 1.25. The predicted molar refractivity (Wildman–Crippen MR) is 61.3 cm³/mol. The lowest BCUT2D eigenvalue weighted by Gasteiger charge is -2.26. The van der Waals surface area contributed by atoms with Crippen molar-refractivity contribution in [3.8, 4) is 0 Å². The van der Waals surface area contributed by atoms with Gasteiger partial charge in [-0.1, -0.05) is 13.3 Å². The Kier molecular flexibility index (Phi) is 5.83. The zero-order valence-electron chi connectivity index (χ0n) is 8.67. The van der Waals surface area contributed by atoms with Crippen molar-refractivity contribution in [1.82, 2.24) is 4.90 Å². The number of thioether (sulfide) groups is 1. The molecule has 2 nitrogen and oxygen atoms in total. The molecule has 78 valence electrons. The highest BCUT2D eigenvalue weighted by Crippen LogP contribution is 2.12. The van der Waals surface area contributed by atoms with Gasteiger partial charge in [0, 0.05) is 24.1 Å². The summed E-state index contributed by atoms with van der Waals surface area (Å²) in [7, 11) is 0. The molecule has 0 radical (unpaired) electrons. The largest absolute Gasteiger partial charge is 0.329 e. The smallest absolute Gasteiger partial charge is 0.0142 e. The molecule has 3 heteroatoms. The van der Waals surface area contributed by atoms with Crippen molar-refractivity contribution >= 4 is 11.8 Å². The fourth-order valence-electron chi connectivity index (χ4n) is 1.63. The maximum atomic E-state index is 5.56. The molecule has 1 aliphatic heterocycles. The van der Waals surface area contributed by atoms with Gasteiger partial charge in [-0.2, -0.15) is 11.8 Å². The summed E-state index contributed by atoms with van der Waals surface area (Å²) >= 11 is 2.00. The van der Waals surface area contributed by atoms with Crippen LogP contribution in [0.5, 0.6) is 0 Å². The van der Waals surface area contributed by atoms with Crippen LogP contribution in [0.25, 0.3) is 0 Å². The number of nitrogens with two attached hydrogens (primary N) is 1. The number of hydrogen-bond acceptors (Lipinski definition) is 3. The molecule has 0 aromatic rings. The van der Waals surface area contributed by atoms with Crippen LogP contribution in [-0.4, -0.2) is 42.1 Å². The van der Waals surface area contributed by atoms with E-state index in [1.165, 1.54) is 44.6 Å². The molecule has 1 aliphatic rings. The third-order valence-corrected chi connectivity index (χ3v) is 3.77. The summed E-state index contributed by atoms with van der Waals surface area (Å²) in [4.78, 5) is 2.58. The monoisotopic (exact) mass is 202 g/mol.